The molecule has 1 aromatic carbocycles. The molecule has 5 heteroatoms. The lowest BCUT2D eigenvalue weighted by atomic mass is 9.66. The first-order valence-electron chi connectivity index (χ1n) is 9.06. The summed E-state index contributed by atoms with van der Waals surface area (Å²) in [6.07, 6.45) is 3.20. The fourth-order valence-corrected chi connectivity index (χ4v) is 5.40. The van der Waals surface area contributed by atoms with Gasteiger partial charge in [-0.05, 0) is 42.2 Å². The van der Waals surface area contributed by atoms with Gasteiger partial charge in [-0.15, -0.1) is 11.3 Å². The smallest absolute Gasteiger partial charge is 0.263 e. The van der Waals surface area contributed by atoms with Crippen LogP contribution in [0.5, 0.6) is 0 Å². The van der Waals surface area contributed by atoms with Gasteiger partial charge in [0, 0.05) is 37.4 Å². The van der Waals surface area contributed by atoms with Crippen LogP contribution in [0.15, 0.2) is 30.3 Å². The Morgan fingerprint density at radius 1 is 1.32 bits per heavy atom. The third-order valence-electron chi connectivity index (χ3n) is 5.98. The van der Waals surface area contributed by atoms with Gasteiger partial charge < -0.3 is 14.4 Å². The van der Waals surface area contributed by atoms with Crippen LogP contribution in [0, 0.1) is 11.3 Å². The van der Waals surface area contributed by atoms with Crippen molar-refractivity contribution < 1.29 is 14.3 Å². The molecule has 25 heavy (non-hydrogen) atoms. The highest BCUT2D eigenvalue weighted by molar-refractivity contribution is 7.20. The van der Waals surface area contributed by atoms with Crippen molar-refractivity contribution in [1.82, 2.24) is 4.90 Å². The van der Waals surface area contributed by atoms with Gasteiger partial charge >= 0.3 is 0 Å². The molecule has 0 bridgehead atoms. The monoisotopic (exact) mass is 359 g/mol. The largest absolute Gasteiger partial charge is 0.384 e. The topological polar surface area (TPSA) is 38.8 Å². The molecular formula is C20H25NO3S. The molecule has 2 fully saturated rings. The van der Waals surface area contributed by atoms with Crippen molar-refractivity contribution in [3.8, 4) is 0 Å². The number of fused-ring (bicyclic) bond motifs is 1. The molecule has 2 saturated heterocycles. The minimum absolute atomic E-state index is 0.186. The Bertz CT molecular complexity index is 713. The summed E-state index contributed by atoms with van der Waals surface area (Å²) in [6, 6.07) is 10.2. The molecule has 1 aromatic heterocycles. The SMILES string of the molecule is COC[C@@H]1COCCC12CCN(C(=O)c1cc3ccccc3s1)CC2. The zero-order valence-electron chi connectivity index (χ0n) is 14.7. The van der Waals surface area contributed by atoms with Gasteiger partial charge in [0.25, 0.3) is 5.91 Å². The Labute approximate surface area is 152 Å². The average molecular weight is 359 g/mol. The summed E-state index contributed by atoms with van der Waals surface area (Å²) in [5.74, 6) is 0.638. The second-order valence-corrected chi connectivity index (χ2v) is 8.36. The van der Waals surface area contributed by atoms with Crippen molar-refractivity contribution in [3.05, 3.63) is 35.2 Å². The van der Waals surface area contributed by atoms with Crippen LogP contribution >= 0.6 is 11.3 Å². The summed E-state index contributed by atoms with van der Waals surface area (Å²) >= 11 is 1.60. The van der Waals surface area contributed by atoms with Crippen molar-refractivity contribution >= 4 is 27.3 Å². The van der Waals surface area contributed by atoms with Crippen LogP contribution in [0.1, 0.15) is 28.9 Å². The zero-order chi connectivity index (χ0) is 17.3. The van der Waals surface area contributed by atoms with Crippen LogP contribution in [0.2, 0.25) is 0 Å². The summed E-state index contributed by atoms with van der Waals surface area (Å²) in [6.45, 7) is 4.06. The second kappa shape index (κ2) is 7.06. The normalized spacial score (nSPS) is 23.2. The maximum atomic E-state index is 12.9. The molecule has 0 radical (unpaired) electrons. The second-order valence-electron chi connectivity index (χ2n) is 7.28. The van der Waals surface area contributed by atoms with E-state index in [1.807, 2.05) is 23.1 Å². The quantitative estimate of drug-likeness (QED) is 0.836. The highest BCUT2D eigenvalue weighted by Gasteiger charge is 2.44. The Hall–Kier alpha value is -1.43. The van der Waals surface area contributed by atoms with Gasteiger partial charge in [-0.2, -0.15) is 0 Å². The van der Waals surface area contributed by atoms with E-state index in [9.17, 15) is 4.79 Å². The predicted molar refractivity (Wildman–Crippen MR) is 100 cm³/mol. The molecule has 4 rings (SSSR count). The van der Waals surface area contributed by atoms with E-state index in [2.05, 4.69) is 12.1 Å². The molecule has 2 aromatic rings. The number of ether oxygens (including phenoxy) is 2. The molecule has 134 valence electrons. The van der Waals surface area contributed by atoms with Crippen LogP contribution < -0.4 is 0 Å². The number of hydrogen-bond acceptors (Lipinski definition) is 4. The van der Waals surface area contributed by atoms with Gasteiger partial charge in [-0.1, -0.05) is 18.2 Å². The minimum Gasteiger partial charge on any atom is -0.384 e. The molecule has 0 unspecified atom stereocenters. The molecule has 2 aliphatic rings. The van der Waals surface area contributed by atoms with Crippen LogP contribution in [0.25, 0.3) is 10.1 Å². The van der Waals surface area contributed by atoms with Crippen LogP contribution in [0.3, 0.4) is 0 Å². The Kier molecular flexibility index (Phi) is 4.80. The van der Waals surface area contributed by atoms with E-state index in [1.54, 1.807) is 18.4 Å². The molecule has 0 N–H and O–H groups in total. The van der Waals surface area contributed by atoms with E-state index in [1.165, 1.54) is 4.70 Å². The fourth-order valence-electron chi connectivity index (χ4n) is 4.36. The Morgan fingerprint density at radius 2 is 2.12 bits per heavy atom. The molecule has 0 saturated carbocycles. The molecule has 2 aliphatic heterocycles. The van der Waals surface area contributed by atoms with E-state index in [4.69, 9.17) is 9.47 Å². The van der Waals surface area contributed by atoms with Crippen LogP contribution in [-0.4, -0.2) is 50.8 Å². The van der Waals surface area contributed by atoms with Crippen molar-refractivity contribution in [1.29, 1.82) is 0 Å². The number of methoxy groups -OCH3 is 1. The first kappa shape index (κ1) is 17.0. The van der Waals surface area contributed by atoms with Crippen LogP contribution in [-0.2, 0) is 9.47 Å². The standard InChI is InChI=1S/C20H25NO3S/c1-23-13-16-14-24-11-8-20(16)6-9-21(10-7-20)19(22)18-12-15-4-2-3-5-17(15)25-18/h2-5,12,16H,6-11,13-14H2,1H3/t16-/m1/s1. The number of benzene rings is 1. The van der Waals surface area contributed by atoms with Gasteiger partial charge in [0.2, 0.25) is 0 Å². The molecule has 1 atom stereocenters. The number of rotatable bonds is 3. The fraction of sp³-hybridized carbons (Fsp3) is 0.550. The van der Waals surface area contributed by atoms with Crippen molar-refractivity contribution in [2.45, 2.75) is 19.3 Å². The number of thiophene rings is 1. The molecule has 4 nitrogen and oxygen atoms in total. The summed E-state index contributed by atoms with van der Waals surface area (Å²) in [7, 11) is 1.77. The molecule has 1 amide bonds. The maximum absolute atomic E-state index is 12.9. The highest BCUT2D eigenvalue weighted by atomic mass is 32.1. The van der Waals surface area contributed by atoms with E-state index in [0.717, 1.165) is 62.4 Å². The summed E-state index contributed by atoms with van der Waals surface area (Å²) in [5, 5.41) is 1.16. The summed E-state index contributed by atoms with van der Waals surface area (Å²) in [4.78, 5) is 15.8. The lowest BCUT2D eigenvalue weighted by Gasteiger charge is -2.48. The molecular weight excluding hydrogens is 334 g/mol. The van der Waals surface area contributed by atoms with Crippen molar-refractivity contribution in [3.63, 3.8) is 0 Å². The average Bonchev–Trinajstić information content (AvgIpc) is 3.08. The minimum atomic E-state index is 0.186. The first-order valence-corrected chi connectivity index (χ1v) is 9.88. The number of hydrogen-bond donors (Lipinski definition) is 0. The Morgan fingerprint density at radius 3 is 2.88 bits per heavy atom. The third kappa shape index (κ3) is 3.21. The van der Waals surface area contributed by atoms with E-state index in [-0.39, 0.29) is 11.3 Å². The van der Waals surface area contributed by atoms with Gasteiger partial charge in [0.05, 0.1) is 18.1 Å². The van der Waals surface area contributed by atoms with Gasteiger partial charge in [-0.3, -0.25) is 4.79 Å². The maximum Gasteiger partial charge on any atom is 0.263 e. The number of piperidine rings is 1. The third-order valence-corrected chi connectivity index (χ3v) is 7.08. The lowest BCUT2D eigenvalue weighted by Crippen LogP contribution is -2.50. The van der Waals surface area contributed by atoms with E-state index < -0.39 is 0 Å². The lowest BCUT2D eigenvalue weighted by molar-refractivity contribution is -0.0912. The summed E-state index contributed by atoms with van der Waals surface area (Å²) < 4.78 is 12.3. The highest BCUT2D eigenvalue weighted by Crippen LogP contribution is 2.45. The van der Waals surface area contributed by atoms with Crippen LogP contribution in [0.4, 0.5) is 0 Å². The number of amides is 1. The Balaban J connectivity index is 1.46. The van der Waals surface area contributed by atoms with E-state index in [0.29, 0.717) is 5.92 Å². The number of carbonyl (C=O) groups is 1. The van der Waals surface area contributed by atoms with E-state index >= 15 is 0 Å². The molecule has 3 heterocycles. The first-order chi connectivity index (χ1) is 12.2. The predicted octanol–water partition coefficient (Wildman–Crippen LogP) is 3.81. The number of likely N-dealkylation sites (tertiary alicyclic amines) is 1. The molecule has 1 spiro atoms. The van der Waals surface area contributed by atoms with Gasteiger partial charge in [-0.25, -0.2) is 0 Å². The van der Waals surface area contributed by atoms with Gasteiger partial charge in [0.1, 0.15) is 0 Å². The van der Waals surface area contributed by atoms with Gasteiger partial charge in [0.15, 0.2) is 0 Å². The number of nitrogens with zero attached hydrogens (tertiary/aromatic N) is 1. The van der Waals surface area contributed by atoms with Crippen molar-refractivity contribution in [2.75, 3.05) is 40.0 Å². The number of carbonyl (C=O) groups excluding carboxylic acids is 1. The van der Waals surface area contributed by atoms with Crippen molar-refractivity contribution in [2.24, 2.45) is 11.3 Å². The zero-order valence-corrected chi connectivity index (χ0v) is 15.5. The molecule has 0 aliphatic carbocycles. The summed E-state index contributed by atoms with van der Waals surface area (Å²) in [5.41, 5.74) is 0.283.